The van der Waals surface area contributed by atoms with Crippen LogP contribution in [0.4, 0.5) is 0 Å². The van der Waals surface area contributed by atoms with E-state index in [1.165, 1.54) is 24.0 Å². The van der Waals surface area contributed by atoms with E-state index < -0.39 is 0 Å². The highest BCUT2D eigenvalue weighted by Gasteiger charge is 2.28. The van der Waals surface area contributed by atoms with E-state index in [0.29, 0.717) is 6.04 Å². The standard InChI is InChI=1S/C15H24N2O/c1-11-5-8-15(18-4)13(9-11)14(16-2)10-17(3)12-6-7-12/h5,8-9,12,14,16H,6-7,10H2,1-4H3. The Morgan fingerprint density at radius 3 is 2.72 bits per heavy atom. The molecule has 0 spiro atoms. The smallest absolute Gasteiger partial charge is 0.123 e. The molecule has 1 aliphatic rings. The molecule has 1 saturated carbocycles. The van der Waals surface area contributed by atoms with Crippen molar-refractivity contribution in [3.05, 3.63) is 29.3 Å². The second kappa shape index (κ2) is 5.72. The van der Waals surface area contributed by atoms with Crippen molar-refractivity contribution in [2.45, 2.75) is 31.8 Å². The molecule has 1 aromatic carbocycles. The van der Waals surface area contributed by atoms with Crippen molar-refractivity contribution < 1.29 is 4.74 Å². The Labute approximate surface area is 110 Å². The fourth-order valence-electron chi connectivity index (χ4n) is 2.42. The normalized spacial score (nSPS) is 16.9. The Kier molecular flexibility index (Phi) is 4.25. The summed E-state index contributed by atoms with van der Waals surface area (Å²) < 4.78 is 5.48. The summed E-state index contributed by atoms with van der Waals surface area (Å²) in [7, 11) is 5.98. The van der Waals surface area contributed by atoms with Gasteiger partial charge in [-0.2, -0.15) is 0 Å². The number of benzene rings is 1. The molecule has 0 aromatic heterocycles. The number of hydrogen-bond acceptors (Lipinski definition) is 3. The lowest BCUT2D eigenvalue weighted by molar-refractivity contribution is 0.283. The molecule has 1 fully saturated rings. The number of nitrogens with zero attached hydrogens (tertiary/aromatic N) is 1. The molecular formula is C15H24N2O. The minimum Gasteiger partial charge on any atom is -0.496 e. The van der Waals surface area contributed by atoms with Crippen LogP contribution in [0.15, 0.2) is 18.2 Å². The van der Waals surface area contributed by atoms with Gasteiger partial charge in [-0.1, -0.05) is 17.7 Å². The quantitative estimate of drug-likeness (QED) is 0.836. The van der Waals surface area contributed by atoms with Gasteiger partial charge >= 0.3 is 0 Å². The minimum absolute atomic E-state index is 0.324. The maximum atomic E-state index is 5.48. The van der Waals surface area contributed by atoms with Gasteiger partial charge < -0.3 is 15.0 Å². The average molecular weight is 248 g/mol. The third kappa shape index (κ3) is 3.03. The second-order valence-electron chi connectivity index (χ2n) is 5.26. The molecule has 2 rings (SSSR count). The van der Waals surface area contributed by atoms with Crippen molar-refractivity contribution in [3.8, 4) is 5.75 Å². The Hall–Kier alpha value is -1.06. The van der Waals surface area contributed by atoms with Crippen molar-refractivity contribution in [2.24, 2.45) is 0 Å². The highest BCUT2D eigenvalue weighted by Crippen LogP contribution is 2.30. The molecule has 0 radical (unpaired) electrons. The molecule has 1 atom stereocenters. The van der Waals surface area contributed by atoms with Crippen molar-refractivity contribution in [1.82, 2.24) is 10.2 Å². The topological polar surface area (TPSA) is 24.5 Å². The van der Waals surface area contributed by atoms with Gasteiger partial charge in [0, 0.05) is 24.2 Å². The monoisotopic (exact) mass is 248 g/mol. The zero-order valence-electron chi connectivity index (χ0n) is 11.9. The van der Waals surface area contributed by atoms with Crippen LogP contribution in [0.5, 0.6) is 5.75 Å². The van der Waals surface area contributed by atoms with Gasteiger partial charge in [-0.3, -0.25) is 0 Å². The van der Waals surface area contributed by atoms with Crippen LogP contribution in [0, 0.1) is 6.92 Å². The molecule has 0 bridgehead atoms. The van der Waals surface area contributed by atoms with E-state index >= 15 is 0 Å². The van der Waals surface area contributed by atoms with Crippen LogP contribution < -0.4 is 10.1 Å². The molecule has 3 nitrogen and oxygen atoms in total. The van der Waals surface area contributed by atoms with Gasteiger partial charge in [-0.25, -0.2) is 0 Å². The highest BCUT2D eigenvalue weighted by molar-refractivity contribution is 5.39. The molecule has 0 aliphatic heterocycles. The van der Waals surface area contributed by atoms with Crippen LogP contribution in [-0.4, -0.2) is 38.7 Å². The number of methoxy groups -OCH3 is 1. The van der Waals surface area contributed by atoms with E-state index in [-0.39, 0.29) is 0 Å². The molecule has 3 heteroatoms. The van der Waals surface area contributed by atoms with Gasteiger partial charge in [-0.15, -0.1) is 0 Å². The molecule has 100 valence electrons. The van der Waals surface area contributed by atoms with Crippen LogP contribution >= 0.6 is 0 Å². The van der Waals surface area contributed by atoms with E-state index in [9.17, 15) is 0 Å². The SMILES string of the molecule is CNC(CN(C)C1CC1)c1cc(C)ccc1OC. The summed E-state index contributed by atoms with van der Waals surface area (Å²) >= 11 is 0. The number of hydrogen-bond donors (Lipinski definition) is 1. The van der Waals surface area contributed by atoms with E-state index in [4.69, 9.17) is 4.74 Å². The van der Waals surface area contributed by atoms with Crippen LogP contribution in [0.1, 0.15) is 30.0 Å². The predicted molar refractivity (Wildman–Crippen MR) is 75.2 cm³/mol. The van der Waals surface area contributed by atoms with Gasteiger partial charge in [-0.05, 0) is 39.9 Å². The minimum atomic E-state index is 0.324. The zero-order chi connectivity index (χ0) is 13.1. The third-order valence-electron chi connectivity index (χ3n) is 3.75. The van der Waals surface area contributed by atoms with E-state index in [2.05, 4.69) is 42.4 Å². The molecule has 1 N–H and O–H groups in total. The zero-order valence-corrected chi connectivity index (χ0v) is 11.9. The highest BCUT2D eigenvalue weighted by atomic mass is 16.5. The maximum Gasteiger partial charge on any atom is 0.123 e. The molecule has 1 aliphatic carbocycles. The molecule has 0 saturated heterocycles. The van der Waals surface area contributed by atoms with E-state index in [1.807, 2.05) is 7.05 Å². The fourth-order valence-corrected chi connectivity index (χ4v) is 2.42. The Balaban J connectivity index is 2.16. The number of rotatable bonds is 6. The average Bonchev–Trinajstić information content (AvgIpc) is 3.19. The van der Waals surface area contributed by atoms with Gasteiger partial charge in [0.15, 0.2) is 0 Å². The van der Waals surface area contributed by atoms with Crippen molar-refractivity contribution in [3.63, 3.8) is 0 Å². The van der Waals surface area contributed by atoms with Gasteiger partial charge in [0.1, 0.15) is 5.75 Å². The molecule has 1 unspecified atom stereocenters. The van der Waals surface area contributed by atoms with Crippen LogP contribution in [0.25, 0.3) is 0 Å². The maximum absolute atomic E-state index is 5.48. The Morgan fingerprint density at radius 1 is 1.44 bits per heavy atom. The van der Waals surface area contributed by atoms with Crippen LogP contribution in [-0.2, 0) is 0 Å². The number of aryl methyl sites for hydroxylation is 1. The second-order valence-corrected chi connectivity index (χ2v) is 5.26. The molecule has 18 heavy (non-hydrogen) atoms. The number of ether oxygens (including phenoxy) is 1. The molecule has 0 heterocycles. The lowest BCUT2D eigenvalue weighted by atomic mass is 10.0. The molecular weight excluding hydrogens is 224 g/mol. The van der Waals surface area contributed by atoms with Crippen molar-refractivity contribution >= 4 is 0 Å². The summed E-state index contributed by atoms with van der Waals surface area (Å²) in [6.07, 6.45) is 2.69. The summed E-state index contributed by atoms with van der Waals surface area (Å²) in [5.74, 6) is 0.976. The number of likely N-dealkylation sites (N-methyl/N-ethyl adjacent to an activating group) is 2. The van der Waals surface area contributed by atoms with Crippen LogP contribution in [0.3, 0.4) is 0 Å². The summed E-state index contributed by atoms with van der Waals surface area (Å²) in [6, 6.07) is 7.49. The van der Waals surface area contributed by atoms with E-state index in [0.717, 1.165) is 18.3 Å². The third-order valence-corrected chi connectivity index (χ3v) is 3.75. The summed E-state index contributed by atoms with van der Waals surface area (Å²) in [5, 5.41) is 3.41. The summed E-state index contributed by atoms with van der Waals surface area (Å²) in [5.41, 5.74) is 2.53. The first-order valence-corrected chi connectivity index (χ1v) is 6.67. The lowest BCUT2D eigenvalue weighted by Gasteiger charge is -2.25. The molecule has 0 amide bonds. The van der Waals surface area contributed by atoms with E-state index in [1.54, 1.807) is 7.11 Å². The number of nitrogens with one attached hydrogen (secondary N) is 1. The first-order chi connectivity index (χ1) is 8.65. The van der Waals surface area contributed by atoms with Crippen molar-refractivity contribution in [2.75, 3.05) is 27.7 Å². The summed E-state index contributed by atoms with van der Waals surface area (Å²) in [6.45, 7) is 3.15. The summed E-state index contributed by atoms with van der Waals surface area (Å²) in [4.78, 5) is 2.45. The largest absolute Gasteiger partial charge is 0.496 e. The fraction of sp³-hybridized carbons (Fsp3) is 0.600. The van der Waals surface area contributed by atoms with Gasteiger partial charge in [0.05, 0.1) is 7.11 Å². The Bertz CT molecular complexity index is 401. The Morgan fingerprint density at radius 2 is 2.17 bits per heavy atom. The first kappa shape index (κ1) is 13.4. The van der Waals surface area contributed by atoms with Gasteiger partial charge in [0.2, 0.25) is 0 Å². The van der Waals surface area contributed by atoms with Crippen molar-refractivity contribution in [1.29, 1.82) is 0 Å². The predicted octanol–water partition coefficient (Wildman–Crippen LogP) is 2.36. The van der Waals surface area contributed by atoms with Gasteiger partial charge in [0.25, 0.3) is 0 Å². The first-order valence-electron chi connectivity index (χ1n) is 6.67. The molecule has 1 aromatic rings. The lowest BCUT2D eigenvalue weighted by Crippen LogP contribution is -2.32. The van der Waals surface area contributed by atoms with Crippen LogP contribution in [0.2, 0.25) is 0 Å².